The summed E-state index contributed by atoms with van der Waals surface area (Å²) in [5, 5.41) is 9.40. The lowest BCUT2D eigenvalue weighted by Gasteiger charge is -2.19. The molecule has 1 aromatic carbocycles. The van der Waals surface area contributed by atoms with Gasteiger partial charge in [0.15, 0.2) is 0 Å². The van der Waals surface area contributed by atoms with E-state index in [0.29, 0.717) is 6.07 Å². The fraction of sp³-hybridized carbons (Fsp3) is 0.333. The van der Waals surface area contributed by atoms with Crippen LogP contribution in [0.3, 0.4) is 0 Å². The zero-order chi connectivity index (χ0) is 13.4. The highest BCUT2D eigenvalue weighted by Crippen LogP contribution is 2.42. The molecule has 104 valence electrons. The molecule has 0 aliphatic carbocycles. The van der Waals surface area contributed by atoms with Crippen LogP contribution in [0.5, 0.6) is 5.75 Å². The average molecular weight is 357 g/mol. The second-order valence-corrected chi connectivity index (χ2v) is 4.07. The number of rotatable bonds is 2. The minimum Gasteiger partial charge on any atom is -0.506 e. The normalized spacial score (nSPS) is 13.3. The summed E-state index contributed by atoms with van der Waals surface area (Å²) in [4.78, 5) is 0. The largest absolute Gasteiger partial charge is 0.506 e. The molecule has 3 N–H and O–H groups in total. The molecular weight excluding hydrogens is 348 g/mol. The first-order valence-electron chi connectivity index (χ1n) is 4.28. The Hall–Kier alpha value is -0.600. The van der Waals surface area contributed by atoms with E-state index in [4.69, 9.17) is 5.73 Å². The van der Waals surface area contributed by atoms with Gasteiger partial charge in [0.1, 0.15) is 5.75 Å². The topological polar surface area (TPSA) is 46.2 Å². The highest BCUT2D eigenvalue weighted by atomic mass is 79.9. The molecule has 0 radical (unpaired) electrons. The van der Waals surface area contributed by atoms with E-state index in [-0.39, 0.29) is 16.9 Å². The average Bonchev–Trinajstić information content (AvgIpc) is 2.19. The number of hydrogen-bond acceptors (Lipinski definition) is 2. The van der Waals surface area contributed by atoms with Gasteiger partial charge in [0.2, 0.25) is 0 Å². The molecule has 0 aliphatic rings. The van der Waals surface area contributed by atoms with Gasteiger partial charge in [-0.3, -0.25) is 0 Å². The van der Waals surface area contributed by atoms with Crippen LogP contribution in [0.15, 0.2) is 16.6 Å². The second-order valence-electron chi connectivity index (χ2n) is 3.22. The summed E-state index contributed by atoms with van der Waals surface area (Å²) < 4.78 is 62.3. The summed E-state index contributed by atoms with van der Waals surface area (Å²) in [5.41, 5.74) is 2.59. The van der Waals surface area contributed by atoms with Gasteiger partial charge in [-0.1, -0.05) is 0 Å². The zero-order valence-corrected chi connectivity index (χ0v) is 10.9. The number of nitrogens with two attached hydrogens (primary N) is 1. The summed E-state index contributed by atoms with van der Waals surface area (Å²) in [6, 6.07) is -0.703. The van der Waals surface area contributed by atoms with E-state index in [1.807, 2.05) is 0 Å². The lowest BCUT2D eigenvalue weighted by atomic mass is 9.99. The molecule has 0 amide bonds. The van der Waals surface area contributed by atoms with Crippen LogP contribution in [0.2, 0.25) is 0 Å². The van der Waals surface area contributed by atoms with Crippen molar-refractivity contribution in [2.45, 2.75) is 18.6 Å². The molecule has 0 spiro atoms. The Morgan fingerprint density at radius 1 is 1.22 bits per heavy atom. The summed E-state index contributed by atoms with van der Waals surface area (Å²) in [6.45, 7) is 0. The van der Waals surface area contributed by atoms with Crippen molar-refractivity contribution in [3.8, 4) is 5.75 Å². The Balaban J connectivity index is 0.00000289. The van der Waals surface area contributed by atoms with Crippen LogP contribution in [-0.2, 0) is 6.18 Å². The van der Waals surface area contributed by atoms with Gasteiger partial charge in [0.25, 0.3) is 6.43 Å². The molecule has 0 aromatic heterocycles. The van der Waals surface area contributed by atoms with Crippen LogP contribution in [0.25, 0.3) is 0 Å². The van der Waals surface area contributed by atoms with Crippen molar-refractivity contribution in [2.24, 2.45) is 5.73 Å². The van der Waals surface area contributed by atoms with Crippen molar-refractivity contribution in [3.63, 3.8) is 0 Å². The SMILES string of the molecule is Cl.N[C@H](c1c(C(F)(F)F)ccc(Br)c1O)C(F)F. The number of halogens is 7. The van der Waals surface area contributed by atoms with Gasteiger partial charge >= 0.3 is 6.18 Å². The number of alkyl halides is 5. The Morgan fingerprint density at radius 3 is 2.11 bits per heavy atom. The molecule has 9 heteroatoms. The van der Waals surface area contributed by atoms with Crippen LogP contribution < -0.4 is 5.73 Å². The smallest absolute Gasteiger partial charge is 0.416 e. The molecule has 1 aromatic rings. The molecule has 0 saturated carbocycles. The summed E-state index contributed by atoms with van der Waals surface area (Å²) >= 11 is 2.75. The van der Waals surface area contributed by atoms with Gasteiger partial charge in [0.05, 0.1) is 16.1 Å². The van der Waals surface area contributed by atoms with Gasteiger partial charge in [0, 0.05) is 5.56 Å². The van der Waals surface area contributed by atoms with Gasteiger partial charge < -0.3 is 10.8 Å². The standard InChI is InChI=1S/C9H7BrF5NO.ClH/c10-4-2-1-3(9(13,14)15)5(7(4)17)6(16)8(11)12;/h1-2,6,8,17H,16H2;1H/t6-;/m1./s1. The van der Waals surface area contributed by atoms with Crippen LogP contribution in [0.1, 0.15) is 17.2 Å². The van der Waals surface area contributed by atoms with E-state index in [2.05, 4.69) is 15.9 Å². The quantitative estimate of drug-likeness (QED) is 0.791. The molecule has 0 unspecified atom stereocenters. The molecule has 2 nitrogen and oxygen atoms in total. The van der Waals surface area contributed by atoms with E-state index < -0.39 is 35.5 Å². The molecule has 0 saturated heterocycles. The van der Waals surface area contributed by atoms with Gasteiger partial charge in [-0.05, 0) is 28.1 Å². The summed E-state index contributed by atoms with van der Waals surface area (Å²) in [5.74, 6) is -0.923. The molecule has 0 heterocycles. The second kappa shape index (κ2) is 6.03. The Kier molecular flexibility index (Phi) is 5.83. The van der Waals surface area contributed by atoms with Crippen LogP contribution in [0, 0.1) is 0 Å². The third-order valence-corrected chi connectivity index (χ3v) is 2.72. The Morgan fingerprint density at radius 2 is 1.72 bits per heavy atom. The molecular formula is C9H8BrClF5NO. The van der Waals surface area contributed by atoms with E-state index in [1.54, 1.807) is 0 Å². The molecule has 1 rings (SSSR count). The maximum atomic E-state index is 12.6. The maximum Gasteiger partial charge on any atom is 0.416 e. The third-order valence-electron chi connectivity index (χ3n) is 2.08. The van der Waals surface area contributed by atoms with E-state index in [0.717, 1.165) is 6.07 Å². The fourth-order valence-electron chi connectivity index (χ4n) is 1.29. The van der Waals surface area contributed by atoms with E-state index in [1.165, 1.54) is 0 Å². The molecule has 0 fully saturated rings. The first-order chi connectivity index (χ1) is 7.66. The fourth-order valence-corrected chi connectivity index (χ4v) is 1.64. The number of aromatic hydroxyl groups is 1. The highest BCUT2D eigenvalue weighted by molar-refractivity contribution is 9.10. The predicted octanol–water partition coefficient (Wildman–Crippen LogP) is 3.86. The minimum atomic E-state index is -4.86. The monoisotopic (exact) mass is 355 g/mol. The van der Waals surface area contributed by atoms with Crippen molar-refractivity contribution < 1.29 is 27.1 Å². The van der Waals surface area contributed by atoms with Crippen LogP contribution >= 0.6 is 28.3 Å². The minimum absolute atomic E-state index is 0. The lowest BCUT2D eigenvalue weighted by Crippen LogP contribution is -2.23. The zero-order valence-electron chi connectivity index (χ0n) is 8.51. The van der Waals surface area contributed by atoms with Crippen molar-refractivity contribution in [1.82, 2.24) is 0 Å². The van der Waals surface area contributed by atoms with Crippen molar-refractivity contribution in [1.29, 1.82) is 0 Å². The number of phenols is 1. The van der Waals surface area contributed by atoms with Crippen molar-refractivity contribution in [3.05, 3.63) is 27.7 Å². The lowest BCUT2D eigenvalue weighted by molar-refractivity contribution is -0.138. The molecule has 1 atom stereocenters. The Bertz CT molecular complexity index is 426. The number of benzene rings is 1. The number of phenolic OH excluding ortho intramolecular Hbond substituents is 1. The predicted molar refractivity (Wildman–Crippen MR) is 61.0 cm³/mol. The third kappa shape index (κ3) is 3.46. The summed E-state index contributed by atoms with van der Waals surface area (Å²) in [6.07, 6.45) is -8.07. The van der Waals surface area contributed by atoms with E-state index >= 15 is 0 Å². The van der Waals surface area contributed by atoms with Gasteiger partial charge in [-0.2, -0.15) is 13.2 Å². The Labute approximate surface area is 114 Å². The number of hydrogen-bond donors (Lipinski definition) is 2. The summed E-state index contributed by atoms with van der Waals surface area (Å²) in [7, 11) is 0. The maximum absolute atomic E-state index is 12.6. The highest BCUT2D eigenvalue weighted by Gasteiger charge is 2.38. The van der Waals surface area contributed by atoms with Crippen molar-refractivity contribution in [2.75, 3.05) is 0 Å². The molecule has 0 aliphatic heterocycles. The molecule has 18 heavy (non-hydrogen) atoms. The van der Waals surface area contributed by atoms with Crippen LogP contribution in [0.4, 0.5) is 22.0 Å². The van der Waals surface area contributed by atoms with Crippen LogP contribution in [-0.4, -0.2) is 11.5 Å². The first kappa shape index (κ1) is 17.4. The van der Waals surface area contributed by atoms with Crippen molar-refractivity contribution >= 4 is 28.3 Å². The first-order valence-corrected chi connectivity index (χ1v) is 5.07. The van der Waals surface area contributed by atoms with Gasteiger partial charge in [-0.25, -0.2) is 8.78 Å². The van der Waals surface area contributed by atoms with E-state index in [9.17, 15) is 27.1 Å². The molecule has 0 bridgehead atoms. The van der Waals surface area contributed by atoms with Gasteiger partial charge in [-0.15, -0.1) is 12.4 Å².